The number of carboxylic acid groups (broad SMARTS) is 1. The lowest BCUT2D eigenvalue weighted by Gasteiger charge is -2.29. The molecule has 0 aromatic heterocycles. The van der Waals surface area contributed by atoms with Crippen LogP contribution >= 0.6 is 0 Å². The topological polar surface area (TPSA) is 46.5 Å². The molecule has 0 fully saturated rings. The number of carboxylic acids is 1. The minimum atomic E-state index is -1.01. The van der Waals surface area contributed by atoms with Crippen molar-refractivity contribution < 1.29 is 14.6 Å². The second-order valence-corrected chi connectivity index (χ2v) is 6.91. The van der Waals surface area contributed by atoms with Gasteiger partial charge in [0.15, 0.2) is 0 Å². The summed E-state index contributed by atoms with van der Waals surface area (Å²) in [6, 6.07) is 7.65. The summed E-state index contributed by atoms with van der Waals surface area (Å²) in [5, 5.41) is 9.63. The Morgan fingerprint density at radius 3 is 2.26 bits per heavy atom. The molecule has 132 valence electrons. The zero-order valence-corrected chi connectivity index (χ0v) is 15.9. The number of carbonyl (C=O) groups is 1. The van der Waals surface area contributed by atoms with Gasteiger partial charge in [-0.2, -0.15) is 0 Å². The first-order valence-corrected chi connectivity index (χ1v) is 8.59. The van der Waals surface area contributed by atoms with Crippen LogP contribution in [0.5, 0.6) is 0 Å². The van der Waals surface area contributed by atoms with Gasteiger partial charge in [0.1, 0.15) is 5.41 Å². The summed E-state index contributed by atoms with van der Waals surface area (Å²) in [7, 11) is 0. The van der Waals surface area contributed by atoms with Crippen LogP contribution in [-0.4, -0.2) is 24.3 Å². The van der Waals surface area contributed by atoms with Gasteiger partial charge in [0.25, 0.3) is 0 Å². The van der Waals surface area contributed by atoms with Crippen LogP contribution in [0.15, 0.2) is 24.3 Å². The fourth-order valence-corrected chi connectivity index (χ4v) is 2.54. The molecule has 1 aromatic carbocycles. The quantitative estimate of drug-likeness (QED) is 0.715. The lowest BCUT2D eigenvalue weighted by atomic mass is 9.82. The van der Waals surface area contributed by atoms with Gasteiger partial charge in [-0.05, 0) is 31.2 Å². The Kier molecular flexibility index (Phi) is 9.14. The highest BCUT2D eigenvalue weighted by Gasteiger charge is 2.36. The minimum absolute atomic E-state index is 0.0841. The van der Waals surface area contributed by atoms with Crippen molar-refractivity contribution in [1.82, 2.24) is 0 Å². The van der Waals surface area contributed by atoms with Crippen molar-refractivity contribution in [1.29, 1.82) is 0 Å². The van der Waals surface area contributed by atoms with E-state index in [9.17, 15) is 9.90 Å². The smallest absolute Gasteiger partial charge is 0.316 e. The van der Waals surface area contributed by atoms with Crippen LogP contribution in [0.1, 0.15) is 65.5 Å². The summed E-state index contributed by atoms with van der Waals surface area (Å²) in [6.45, 7) is 14.9. The van der Waals surface area contributed by atoms with Crippen molar-refractivity contribution in [2.45, 2.75) is 66.7 Å². The van der Waals surface area contributed by atoms with Crippen LogP contribution in [0.25, 0.3) is 0 Å². The van der Waals surface area contributed by atoms with Gasteiger partial charge in [-0.3, -0.25) is 4.79 Å². The predicted octanol–water partition coefficient (Wildman–Crippen LogP) is 5.21. The van der Waals surface area contributed by atoms with E-state index in [1.54, 1.807) is 6.92 Å². The molecule has 0 radical (unpaired) electrons. The molecule has 3 nitrogen and oxygen atoms in total. The van der Waals surface area contributed by atoms with Crippen LogP contribution in [0.4, 0.5) is 0 Å². The van der Waals surface area contributed by atoms with Crippen molar-refractivity contribution >= 4 is 5.97 Å². The van der Waals surface area contributed by atoms with E-state index in [-0.39, 0.29) is 12.0 Å². The Hall–Kier alpha value is -1.35. The normalized spacial score (nSPS) is 13.7. The van der Waals surface area contributed by atoms with Crippen LogP contribution in [-0.2, 0) is 14.9 Å². The van der Waals surface area contributed by atoms with Crippen LogP contribution in [0, 0.1) is 12.3 Å². The van der Waals surface area contributed by atoms with E-state index in [2.05, 4.69) is 20.8 Å². The second-order valence-electron chi connectivity index (χ2n) is 6.91. The molecule has 1 N–H and O–H groups in total. The van der Waals surface area contributed by atoms with Gasteiger partial charge in [0, 0.05) is 0 Å². The van der Waals surface area contributed by atoms with E-state index in [1.807, 2.05) is 45.0 Å². The lowest BCUT2D eigenvalue weighted by Crippen LogP contribution is -2.38. The molecular weight excluding hydrogens is 288 g/mol. The highest BCUT2D eigenvalue weighted by Crippen LogP contribution is 2.28. The fraction of sp³-hybridized carbons (Fsp3) is 0.650. The summed E-state index contributed by atoms with van der Waals surface area (Å²) in [5.41, 5.74) is 0.935. The Labute approximate surface area is 142 Å². The molecule has 0 aliphatic carbocycles. The van der Waals surface area contributed by atoms with Crippen molar-refractivity contribution in [2.24, 2.45) is 5.41 Å². The number of ether oxygens (including phenoxy) is 1. The average molecular weight is 322 g/mol. The number of aryl methyl sites for hydroxylation is 1. The maximum atomic E-state index is 11.7. The van der Waals surface area contributed by atoms with Crippen LogP contribution in [0.3, 0.4) is 0 Å². The molecule has 3 heteroatoms. The summed E-state index contributed by atoms with van der Waals surface area (Å²) >= 11 is 0. The van der Waals surface area contributed by atoms with Gasteiger partial charge in [-0.25, -0.2) is 0 Å². The minimum Gasteiger partial charge on any atom is -0.481 e. The summed E-state index contributed by atoms with van der Waals surface area (Å²) in [4.78, 5) is 11.7. The summed E-state index contributed by atoms with van der Waals surface area (Å²) in [6.07, 6.45) is 2.17. The number of hydrogen-bond acceptors (Lipinski definition) is 2. The van der Waals surface area contributed by atoms with E-state index >= 15 is 0 Å². The van der Waals surface area contributed by atoms with E-state index in [0.29, 0.717) is 6.61 Å². The number of rotatable bonds is 8. The molecule has 1 aromatic rings. The summed E-state index contributed by atoms with van der Waals surface area (Å²) < 4.78 is 5.79. The Morgan fingerprint density at radius 2 is 1.78 bits per heavy atom. The average Bonchev–Trinajstić information content (AvgIpc) is 2.48. The first-order valence-electron chi connectivity index (χ1n) is 8.59. The van der Waals surface area contributed by atoms with E-state index in [1.165, 1.54) is 0 Å². The van der Waals surface area contributed by atoms with E-state index in [0.717, 1.165) is 24.0 Å². The second kappa shape index (κ2) is 9.71. The SMILES string of the molecule is CC.CCCC(C)(C)COCC(C)(C(=O)O)c1cccc(C)c1. The molecule has 0 spiro atoms. The molecule has 0 aliphatic rings. The van der Waals surface area contributed by atoms with Crippen molar-refractivity contribution in [3.8, 4) is 0 Å². The maximum Gasteiger partial charge on any atom is 0.316 e. The highest BCUT2D eigenvalue weighted by molar-refractivity contribution is 5.81. The van der Waals surface area contributed by atoms with Crippen molar-refractivity contribution in [3.05, 3.63) is 35.4 Å². The zero-order valence-electron chi connectivity index (χ0n) is 15.9. The zero-order chi connectivity index (χ0) is 18.1. The van der Waals surface area contributed by atoms with Gasteiger partial charge < -0.3 is 9.84 Å². The molecule has 1 rings (SSSR count). The monoisotopic (exact) mass is 322 g/mol. The van der Waals surface area contributed by atoms with Crippen molar-refractivity contribution in [3.63, 3.8) is 0 Å². The fourth-order valence-electron chi connectivity index (χ4n) is 2.54. The van der Waals surface area contributed by atoms with Crippen LogP contribution in [0.2, 0.25) is 0 Å². The van der Waals surface area contributed by atoms with E-state index < -0.39 is 11.4 Å². The third kappa shape index (κ3) is 6.74. The van der Waals surface area contributed by atoms with Crippen molar-refractivity contribution in [2.75, 3.05) is 13.2 Å². The maximum absolute atomic E-state index is 11.7. The van der Waals surface area contributed by atoms with Gasteiger partial charge >= 0.3 is 5.97 Å². The Morgan fingerprint density at radius 1 is 1.17 bits per heavy atom. The van der Waals surface area contributed by atoms with Gasteiger partial charge in [-0.15, -0.1) is 0 Å². The Bertz CT molecular complexity index is 480. The summed E-state index contributed by atoms with van der Waals surface area (Å²) in [5.74, 6) is -0.846. The third-order valence-corrected chi connectivity index (χ3v) is 3.94. The molecule has 0 amide bonds. The number of benzene rings is 1. The first kappa shape index (κ1) is 21.6. The molecule has 0 saturated heterocycles. The van der Waals surface area contributed by atoms with Gasteiger partial charge in [0.05, 0.1) is 13.2 Å². The largest absolute Gasteiger partial charge is 0.481 e. The number of aliphatic carboxylic acids is 1. The molecule has 1 atom stereocenters. The van der Waals surface area contributed by atoms with E-state index in [4.69, 9.17) is 4.74 Å². The predicted molar refractivity (Wildman–Crippen MR) is 97.0 cm³/mol. The molecule has 0 heterocycles. The molecular formula is C20H34O3. The highest BCUT2D eigenvalue weighted by atomic mass is 16.5. The van der Waals surface area contributed by atoms with Crippen LogP contribution < -0.4 is 0 Å². The first-order chi connectivity index (χ1) is 10.7. The molecule has 0 saturated carbocycles. The number of hydrogen-bond donors (Lipinski definition) is 1. The third-order valence-electron chi connectivity index (χ3n) is 3.94. The standard InChI is InChI=1S/C18H28O3.C2H6/c1-6-10-17(3,4)12-21-13-18(5,16(19)20)15-9-7-8-14(2)11-15;1-2/h7-9,11H,6,10,12-13H2,1-5H3,(H,19,20);1-2H3. The Balaban J connectivity index is 0.00000232. The molecule has 1 unspecified atom stereocenters. The molecule has 0 bridgehead atoms. The van der Waals surface area contributed by atoms with Gasteiger partial charge in [-0.1, -0.05) is 70.9 Å². The molecule has 23 heavy (non-hydrogen) atoms. The lowest BCUT2D eigenvalue weighted by molar-refractivity contribution is -0.146. The van der Waals surface area contributed by atoms with Gasteiger partial charge in [0.2, 0.25) is 0 Å². The molecule has 0 aliphatic heterocycles.